The van der Waals surface area contributed by atoms with Crippen LogP contribution in [0.15, 0.2) is 78.9 Å². The van der Waals surface area contributed by atoms with Crippen molar-refractivity contribution in [2.75, 3.05) is 37.7 Å². The molecule has 1 aliphatic rings. The summed E-state index contributed by atoms with van der Waals surface area (Å²) in [6.45, 7) is 7.10. The molecular weight excluding hydrogens is 436 g/mol. The van der Waals surface area contributed by atoms with Gasteiger partial charge >= 0.3 is 0 Å². The van der Waals surface area contributed by atoms with Gasteiger partial charge in [0.25, 0.3) is 5.91 Å². The predicted octanol–water partition coefficient (Wildman–Crippen LogP) is 5.15. The highest BCUT2D eigenvalue weighted by atomic mass is 16.5. The Morgan fingerprint density at radius 3 is 2.29 bits per heavy atom. The molecule has 0 bridgehead atoms. The van der Waals surface area contributed by atoms with Gasteiger partial charge < -0.3 is 14.5 Å². The maximum Gasteiger partial charge on any atom is 0.260 e. The zero-order valence-electron chi connectivity index (χ0n) is 20.2. The molecule has 0 radical (unpaired) electrons. The molecule has 0 saturated carbocycles. The fraction of sp³-hybridized carbons (Fsp3) is 0.276. The van der Waals surface area contributed by atoms with Gasteiger partial charge in [0, 0.05) is 31.7 Å². The molecule has 2 heterocycles. The van der Waals surface area contributed by atoms with Crippen LogP contribution in [0.3, 0.4) is 0 Å². The number of carbonyl (C=O) groups excluding carboxylic acids is 1. The molecule has 1 fully saturated rings. The minimum atomic E-state index is 0.00956. The van der Waals surface area contributed by atoms with Gasteiger partial charge in [0.2, 0.25) is 0 Å². The molecule has 6 nitrogen and oxygen atoms in total. The molecule has 178 valence electrons. The Morgan fingerprint density at radius 1 is 0.857 bits per heavy atom. The number of hydrogen-bond donors (Lipinski definition) is 0. The Bertz CT molecular complexity index is 1290. The van der Waals surface area contributed by atoms with Crippen molar-refractivity contribution < 1.29 is 9.53 Å². The van der Waals surface area contributed by atoms with Crippen LogP contribution in [0.2, 0.25) is 0 Å². The number of aromatic nitrogens is 2. The minimum Gasteiger partial charge on any atom is -0.484 e. The Balaban J connectivity index is 1.14. The summed E-state index contributed by atoms with van der Waals surface area (Å²) in [5, 5.41) is 11.3. The second-order valence-electron chi connectivity index (χ2n) is 9.22. The first-order valence-corrected chi connectivity index (χ1v) is 12.2. The third-order valence-electron chi connectivity index (χ3n) is 6.56. The van der Waals surface area contributed by atoms with E-state index in [2.05, 4.69) is 71.4 Å². The van der Waals surface area contributed by atoms with Crippen LogP contribution >= 0.6 is 0 Å². The van der Waals surface area contributed by atoms with Crippen LogP contribution in [0.25, 0.3) is 22.0 Å². The van der Waals surface area contributed by atoms with Crippen LogP contribution in [0.5, 0.6) is 5.75 Å². The quantitative estimate of drug-likeness (QED) is 0.393. The van der Waals surface area contributed by atoms with E-state index in [0.717, 1.165) is 35.9 Å². The zero-order chi connectivity index (χ0) is 24.2. The lowest BCUT2D eigenvalue weighted by Crippen LogP contribution is -2.50. The van der Waals surface area contributed by atoms with Crippen molar-refractivity contribution in [2.24, 2.45) is 0 Å². The lowest BCUT2D eigenvalue weighted by Gasteiger charge is -2.35. The maximum absolute atomic E-state index is 12.6. The van der Waals surface area contributed by atoms with Crippen molar-refractivity contribution in [3.8, 4) is 17.0 Å². The number of carbonyl (C=O) groups is 1. The van der Waals surface area contributed by atoms with Crippen molar-refractivity contribution in [1.29, 1.82) is 0 Å². The SMILES string of the molecule is CC(C)c1ccc(OCC(=O)N2CCN(c3ccc(-c4ccc5ccccc5c4)nn3)CC2)cc1. The second kappa shape index (κ2) is 10.1. The summed E-state index contributed by atoms with van der Waals surface area (Å²) in [5.74, 6) is 2.04. The predicted molar refractivity (Wildman–Crippen MR) is 140 cm³/mol. The number of piperazine rings is 1. The van der Waals surface area contributed by atoms with Crippen LogP contribution in [0.4, 0.5) is 5.82 Å². The molecule has 1 aliphatic heterocycles. The number of fused-ring (bicyclic) bond motifs is 1. The van der Waals surface area contributed by atoms with Crippen LogP contribution in [0.1, 0.15) is 25.3 Å². The third kappa shape index (κ3) is 5.27. The Morgan fingerprint density at radius 2 is 1.60 bits per heavy atom. The first-order chi connectivity index (χ1) is 17.1. The Kier molecular flexibility index (Phi) is 6.62. The topological polar surface area (TPSA) is 58.6 Å². The molecule has 0 unspecified atom stereocenters. The molecule has 3 aromatic carbocycles. The number of nitrogens with zero attached hydrogens (tertiary/aromatic N) is 4. The van der Waals surface area contributed by atoms with Gasteiger partial charge in [-0.15, -0.1) is 10.2 Å². The van der Waals surface area contributed by atoms with Gasteiger partial charge in [-0.05, 0) is 52.6 Å². The van der Waals surface area contributed by atoms with E-state index in [-0.39, 0.29) is 12.5 Å². The van der Waals surface area contributed by atoms with Gasteiger partial charge in [0.1, 0.15) is 5.75 Å². The fourth-order valence-electron chi connectivity index (χ4n) is 4.37. The number of anilines is 1. The number of rotatable bonds is 6. The fourth-order valence-corrected chi connectivity index (χ4v) is 4.37. The summed E-state index contributed by atoms with van der Waals surface area (Å²) in [4.78, 5) is 16.7. The van der Waals surface area contributed by atoms with Gasteiger partial charge in [-0.2, -0.15) is 0 Å². The van der Waals surface area contributed by atoms with Crippen LogP contribution in [-0.4, -0.2) is 53.8 Å². The first kappa shape index (κ1) is 22.8. The van der Waals surface area contributed by atoms with Gasteiger partial charge in [0.15, 0.2) is 12.4 Å². The average molecular weight is 467 g/mol. The summed E-state index contributed by atoms with van der Waals surface area (Å²) >= 11 is 0. The second-order valence-corrected chi connectivity index (χ2v) is 9.22. The van der Waals surface area contributed by atoms with E-state index >= 15 is 0 Å². The van der Waals surface area contributed by atoms with Gasteiger partial charge in [-0.25, -0.2) is 0 Å². The normalized spacial score (nSPS) is 13.9. The molecule has 0 spiro atoms. The van der Waals surface area contributed by atoms with Crippen LogP contribution in [-0.2, 0) is 4.79 Å². The monoisotopic (exact) mass is 466 g/mol. The van der Waals surface area contributed by atoms with Crippen LogP contribution in [0, 0.1) is 0 Å². The molecule has 1 aromatic heterocycles. The lowest BCUT2D eigenvalue weighted by atomic mass is 10.0. The van der Waals surface area contributed by atoms with Gasteiger partial charge in [-0.1, -0.05) is 62.4 Å². The standard InChI is InChI=1S/C29H30N4O2/c1-21(2)22-9-11-26(12-10-22)35-20-29(34)33-17-15-32(16-18-33)28-14-13-27(30-31-28)25-8-7-23-5-3-4-6-24(23)19-25/h3-14,19,21H,15-18,20H2,1-2H3. The van der Waals surface area contributed by atoms with E-state index in [4.69, 9.17) is 4.74 Å². The molecular formula is C29H30N4O2. The Hall–Kier alpha value is -3.93. The highest BCUT2D eigenvalue weighted by Crippen LogP contribution is 2.24. The summed E-state index contributed by atoms with van der Waals surface area (Å²) in [5.41, 5.74) is 3.16. The summed E-state index contributed by atoms with van der Waals surface area (Å²) in [7, 11) is 0. The van der Waals surface area contributed by atoms with Crippen molar-refractivity contribution in [3.63, 3.8) is 0 Å². The molecule has 0 atom stereocenters. The highest BCUT2D eigenvalue weighted by Gasteiger charge is 2.22. The molecule has 1 saturated heterocycles. The van der Waals surface area contributed by atoms with Crippen molar-refractivity contribution in [1.82, 2.24) is 15.1 Å². The van der Waals surface area contributed by atoms with Crippen molar-refractivity contribution >= 4 is 22.5 Å². The lowest BCUT2D eigenvalue weighted by molar-refractivity contribution is -0.133. The number of ether oxygens (including phenoxy) is 1. The minimum absolute atomic E-state index is 0.00956. The van der Waals surface area contributed by atoms with E-state index in [1.54, 1.807) is 0 Å². The van der Waals surface area contributed by atoms with E-state index in [1.165, 1.54) is 16.3 Å². The van der Waals surface area contributed by atoms with Crippen LogP contribution < -0.4 is 9.64 Å². The summed E-state index contributed by atoms with van der Waals surface area (Å²) < 4.78 is 5.72. The van der Waals surface area contributed by atoms with E-state index in [0.29, 0.717) is 19.0 Å². The highest BCUT2D eigenvalue weighted by molar-refractivity contribution is 5.86. The number of benzene rings is 3. The first-order valence-electron chi connectivity index (χ1n) is 12.2. The van der Waals surface area contributed by atoms with E-state index in [9.17, 15) is 4.79 Å². The summed E-state index contributed by atoms with van der Waals surface area (Å²) in [6, 6.07) is 26.6. The number of hydrogen-bond acceptors (Lipinski definition) is 5. The molecule has 1 amide bonds. The third-order valence-corrected chi connectivity index (χ3v) is 6.56. The van der Waals surface area contributed by atoms with Gasteiger partial charge in [0.05, 0.1) is 5.69 Å². The van der Waals surface area contributed by atoms with E-state index < -0.39 is 0 Å². The largest absolute Gasteiger partial charge is 0.484 e. The Labute approximate surface area is 206 Å². The smallest absolute Gasteiger partial charge is 0.260 e. The van der Waals surface area contributed by atoms with Gasteiger partial charge in [-0.3, -0.25) is 4.79 Å². The zero-order valence-corrected chi connectivity index (χ0v) is 20.2. The summed E-state index contributed by atoms with van der Waals surface area (Å²) in [6.07, 6.45) is 0. The maximum atomic E-state index is 12.6. The molecule has 0 N–H and O–H groups in total. The molecule has 5 rings (SSSR count). The van der Waals surface area contributed by atoms with Crippen molar-refractivity contribution in [3.05, 3.63) is 84.4 Å². The molecule has 4 aromatic rings. The van der Waals surface area contributed by atoms with Crippen molar-refractivity contribution in [2.45, 2.75) is 19.8 Å². The van der Waals surface area contributed by atoms with E-state index in [1.807, 2.05) is 41.3 Å². The molecule has 35 heavy (non-hydrogen) atoms. The average Bonchev–Trinajstić information content (AvgIpc) is 2.92. The number of amides is 1. The molecule has 6 heteroatoms. The molecule has 0 aliphatic carbocycles.